The van der Waals surface area contributed by atoms with Crippen LogP contribution < -0.4 is 10.1 Å². The third-order valence-electron chi connectivity index (χ3n) is 3.19. The van der Waals surface area contributed by atoms with Gasteiger partial charge in [0, 0.05) is 6.42 Å². The standard InChI is InChI=1S/C15H23NO3/c1-10(2)13-6-5-12(9-11(13)3)19-8-7-14(16-4)15(17)18/h5-6,9-10,14,16H,7-8H2,1-4H3,(H,17,18). The molecule has 0 bridgehead atoms. The average molecular weight is 265 g/mol. The van der Waals surface area contributed by atoms with Crippen molar-refractivity contribution in [3.05, 3.63) is 29.3 Å². The van der Waals surface area contributed by atoms with Crippen molar-refractivity contribution in [1.82, 2.24) is 5.32 Å². The highest BCUT2D eigenvalue weighted by atomic mass is 16.5. The van der Waals surface area contributed by atoms with Crippen LogP contribution in [0.15, 0.2) is 18.2 Å². The molecule has 0 heterocycles. The number of likely N-dealkylation sites (N-methyl/N-ethyl adjacent to an activating group) is 1. The first-order valence-electron chi connectivity index (χ1n) is 6.59. The molecule has 106 valence electrons. The predicted molar refractivity (Wildman–Crippen MR) is 75.9 cm³/mol. The molecule has 4 heteroatoms. The zero-order valence-electron chi connectivity index (χ0n) is 12.1. The Hall–Kier alpha value is -1.55. The molecular weight excluding hydrogens is 242 g/mol. The topological polar surface area (TPSA) is 58.6 Å². The van der Waals surface area contributed by atoms with Gasteiger partial charge in [-0.15, -0.1) is 0 Å². The molecule has 4 nitrogen and oxygen atoms in total. The van der Waals surface area contributed by atoms with Crippen LogP contribution in [0.3, 0.4) is 0 Å². The van der Waals surface area contributed by atoms with E-state index in [1.54, 1.807) is 7.05 Å². The Morgan fingerprint density at radius 1 is 1.42 bits per heavy atom. The highest BCUT2D eigenvalue weighted by molar-refractivity contribution is 5.73. The Morgan fingerprint density at radius 2 is 2.11 bits per heavy atom. The fourth-order valence-electron chi connectivity index (χ4n) is 2.07. The summed E-state index contributed by atoms with van der Waals surface area (Å²) in [6.45, 7) is 6.77. The minimum absolute atomic E-state index is 0.387. The van der Waals surface area contributed by atoms with Gasteiger partial charge in [0.05, 0.1) is 6.61 Å². The normalized spacial score (nSPS) is 12.5. The van der Waals surface area contributed by atoms with Crippen molar-refractivity contribution in [1.29, 1.82) is 0 Å². The lowest BCUT2D eigenvalue weighted by molar-refractivity contribution is -0.139. The first kappa shape index (κ1) is 15.5. The fourth-order valence-corrected chi connectivity index (χ4v) is 2.07. The molecule has 0 saturated carbocycles. The van der Waals surface area contributed by atoms with Crippen molar-refractivity contribution in [2.75, 3.05) is 13.7 Å². The molecule has 1 aromatic carbocycles. The van der Waals surface area contributed by atoms with E-state index < -0.39 is 12.0 Å². The van der Waals surface area contributed by atoms with Gasteiger partial charge in [0.25, 0.3) is 0 Å². The second-order valence-corrected chi connectivity index (χ2v) is 4.99. The largest absolute Gasteiger partial charge is 0.494 e. The summed E-state index contributed by atoms with van der Waals surface area (Å²) in [5, 5.41) is 11.6. The summed E-state index contributed by atoms with van der Waals surface area (Å²) >= 11 is 0. The first-order chi connectivity index (χ1) is 8.95. The molecule has 0 saturated heterocycles. The highest BCUT2D eigenvalue weighted by Crippen LogP contribution is 2.23. The fraction of sp³-hybridized carbons (Fsp3) is 0.533. The van der Waals surface area contributed by atoms with Crippen molar-refractivity contribution >= 4 is 5.97 Å². The van der Waals surface area contributed by atoms with Crippen LogP contribution >= 0.6 is 0 Å². The van der Waals surface area contributed by atoms with Crippen LogP contribution in [0.1, 0.15) is 37.3 Å². The number of carboxylic acids is 1. The lowest BCUT2D eigenvalue weighted by atomic mass is 9.98. The van der Waals surface area contributed by atoms with Crippen molar-refractivity contribution in [2.24, 2.45) is 0 Å². The number of carbonyl (C=O) groups is 1. The number of aryl methyl sites for hydroxylation is 1. The second-order valence-electron chi connectivity index (χ2n) is 4.99. The highest BCUT2D eigenvalue weighted by Gasteiger charge is 2.14. The van der Waals surface area contributed by atoms with Crippen LogP contribution in [0.2, 0.25) is 0 Å². The molecule has 1 atom stereocenters. The van der Waals surface area contributed by atoms with Gasteiger partial charge < -0.3 is 15.2 Å². The maximum absolute atomic E-state index is 10.8. The number of ether oxygens (including phenoxy) is 1. The second kappa shape index (κ2) is 7.14. The van der Waals surface area contributed by atoms with E-state index >= 15 is 0 Å². The summed E-state index contributed by atoms with van der Waals surface area (Å²) in [6.07, 6.45) is 0.441. The molecule has 1 aromatic rings. The van der Waals surface area contributed by atoms with E-state index in [1.165, 1.54) is 11.1 Å². The first-order valence-corrected chi connectivity index (χ1v) is 6.59. The van der Waals surface area contributed by atoms with Gasteiger partial charge in [-0.05, 0) is 43.1 Å². The average Bonchev–Trinajstić information content (AvgIpc) is 2.33. The molecule has 0 aliphatic carbocycles. The molecular formula is C15H23NO3. The smallest absolute Gasteiger partial charge is 0.320 e. The number of benzene rings is 1. The van der Waals surface area contributed by atoms with Gasteiger partial charge in [-0.2, -0.15) is 0 Å². The van der Waals surface area contributed by atoms with Crippen LogP contribution in [0.4, 0.5) is 0 Å². The monoisotopic (exact) mass is 265 g/mol. The van der Waals surface area contributed by atoms with E-state index in [0.29, 0.717) is 18.9 Å². The third kappa shape index (κ3) is 4.56. The zero-order valence-corrected chi connectivity index (χ0v) is 12.1. The lowest BCUT2D eigenvalue weighted by Crippen LogP contribution is -2.35. The van der Waals surface area contributed by atoms with Crippen LogP contribution in [0.25, 0.3) is 0 Å². The van der Waals surface area contributed by atoms with Gasteiger partial charge in [-0.25, -0.2) is 0 Å². The Bertz CT molecular complexity index is 429. The van der Waals surface area contributed by atoms with Crippen LogP contribution in [0.5, 0.6) is 5.75 Å². The summed E-state index contributed by atoms with van der Waals surface area (Å²) in [4.78, 5) is 10.8. The van der Waals surface area contributed by atoms with Crippen molar-refractivity contribution in [3.8, 4) is 5.75 Å². The number of nitrogens with one attached hydrogen (secondary N) is 1. The van der Waals surface area contributed by atoms with E-state index in [-0.39, 0.29) is 0 Å². The number of hydrogen-bond donors (Lipinski definition) is 2. The van der Waals surface area contributed by atoms with Gasteiger partial charge in [0.1, 0.15) is 11.8 Å². The van der Waals surface area contributed by atoms with Crippen molar-refractivity contribution in [2.45, 2.75) is 39.2 Å². The Labute approximate surface area is 114 Å². The molecule has 0 radical (unpaired) electrons. The minimum atomic E-state index is -0.850. The lowest BCUT2D eigenvalue weighted by Gasteiger charge is -2.14. The van der Waals surface area contributed by atoms with Crippen molar-refractivity contribution < 1.29 is 14.6 Å². The van der Waals surface area contributed by atoms with E-state index in [9.17, 15) is 4.79 Å². The summed E-state index contributed by atoms with van der Waals surface area (Å²) in [7, 11) is 1.64. The molecule has 0 aromatic heterocycles. The Kier molecular flexibility index (Phi) is 5.83. The third-order valence-corrected chi connectivity index (χ3v) is 3.19. The Morgan fingerprint density at radius 3 is 2.58 bits per heavy atom. The number of hydrogen-bond acceptors (Lipinski definition) is 3. The van der Waals surface area contributed by atoms with Gasteiger partial charge >= 0.3 is 5.97 Å². The number of aliphatic carboxylic acids is 1. The van der Waals surface area contributed by atoms with E-state index in [0.717, 1.165) is 5.75 Å². The molecule has 0 aliphatic heterocycles. The predicted octanol–water partition coefficient (Wildman–Crippen LogP) is 2.56. The van der Waals surface area contributed by atoms with Crippen molar-refractivity contribution in [3.63, 3.8) is 0 Å². The van der Waals surface area contributed by atoms with Gasteiger partial charge in [0.15, 0.2) is 0 Å². The van der Waals surface area contributed by atoms with E-state index in [2.05, 4.69) is 32.2 Å². The summed E-state index contributed by atoms with van der Waals surface area (Å²) in [5.41, 5.74) is 2.52. The maximum atomic E-state index is 10.8. The van der Waals surface area contributed by atoms with Crippen LogP contribution in [0, 0.1) is 6.92 Å². The molecule has 0 fully saturated rings. The molecule has 0 amide bonds. The quantitative estimate of drug-likeness (QED) is 0.795. The van der Waals surface area contributed by atoms with Gasteiger partial charge in [-0.1, -0.05) is 19.9 Å². The van der Waals surface area contributed by atoms with Gasteiger partial charge in [-0.3, -0.25) is 4.79 Å². The molecule has 19 heavy (non-hydrogen) atoms. The zero-order chi connectivity index (χ0) is 14.4. The molecule has 1 unspecified atom stereocenters. The number of rotatable bonds is 7. The summed E-state index contributed by atoms with van der Waals surface area (Å²) in [6, 6.07) is 5.46. The van der Waals surface area contributed by atoms with E-state index in [4.69, 9.17) is 9.84 Å². The maximum Gasteiger partial charge on any atom is 0.320 e. The molecule has 0 spiro atoms. The van der Waals surface area contributed by atoms with Crippen LogP contribution in [-0.4, -0.2) is 30.8 Å². The SMILES string of the molecule is CNC(CCOc1ccc(C(C)C)c(C)c1)C(=O)O. The minimum Gasteiger partial charge on any atom is -0.494 e. The molecule has 1 rings (SSSR count). The van der Waals surface area contributed by atoms with Crippen LogP contribution in [-0.2, 0) is 4.79 Å². The molecule has 2 N–H and O–H groups in total. The molecule has 0 aliphatic rings. The Balaban J connectivity index is 2.55. The van der Waals surface area contributed by atoms with E-state index in [1.807, 2.05) is 12.1 Å². The van der Waals surface area contributed by atoms with Gasteiger partial charge in [0.2, 0.25) is 0 Å². The summed E-state index contributed by atoms with van der Waals surface area (Å²) in [5.74, 6) is 0.439. The number of carboxylic acid groups (broad SMARTS) is 1. The summed E-state index contributed by atoms with van der Waals surface area (Å²) < 4.78 is 5.60.